The van der Waals surface area contributed by atoms with E-state index in [1.807, 2.05) is 25.2 Å². The van der Waals surface area contributed by atoms with Gasteiger partial charge in [0.1, 0.15) is 5.75 Å². The number of nitrogens with one attached hydrogen (secondary N) is 1. The van der Waals surface area contributed by atoms with Crippen LogP contribution in [0.4, 0.5) is 0 Å². The summed E-state index contributed by atoms with van der Waals surface area (Å²) in [5.74, 6) is 1.86. The van der Waals surface area contributed by atoms with E-state index >= 15 is 0 Å². The predicted molar refractivity (Wildman–Crippen MR) is 87.8 cm³/mol. The number of likely N-dealkylation sites (tertiary alicyclic amines) is 1. The molecule has 21 heavy (non-hydrogen) atoms. The second-order valence-corrected chi connectivity index (χ2v) is 6.74. The van der Waals surface area contributed by atoms with Gasteiger partial charge in [-0.1, -0.05) is 32.0 Å². The SMILES string of the molecule is CN=C(NCc1ccccc1OC)N1CC(C)(C)C1(C)C. The molecule has 2 rings (SSSR count). The first-order valence-corrected chi connectivity index (χ1v) is 7.43. The van der Waals surface area contributed by atoms with Crippen LogP contribution in [0, 0.1) is 5.41 Å². The van der Waals surface area contributed by atoms with E-state index in [0.717, 1.165) is 23.8 Å². The minimum absolute atomic E-state index is 0.107. The van der Waals surface area contributed by atoms with E-state index in [0.29, 0.717) is 12.0 Å². The Morgan fingerprint density at radius 3 is 2.48 bits per heavy atom. The Morgan fingerprint density at radius 2 is 1.95 bits per heavy atom. The third-order valence-electron chi connectivity index (χ3n) is 4.98. The van der Waals surface area contributed by atoms with Crippen LogP contribution in [0.5, 0.6) is 5.75 Å². The maximum atomic E-state index is 5.39. The number of methoxy groups -OCH3 is 1. The standard InChI is InChI=1S/C17H27N3O/c1-16(2)12-20(17(16,3)4)15(18-5)19-11-13-9-7-8-10-14(13)21-6/h7-10H,11-12H2,1-6H3,(H,18,19). The maximum absolute atomic E-state index is 5.39. The number of benzene rings is 1. The summed E-state index contributed by atoms with van der Waals surface area (Å²) >= 11 is 0. The van der Waals surface area contributed by atoms with E-state index in [9.17, 15) is 0 Å². The normalized spacial score (nSPS) is 19.9. The minimum atomic E-state index is 0.107. The van der Waals surface area contributed by atoms with Crippen LogP contribution in [0.2, 0.25) is 0 Å². The van der Waals surface area contributed by atoms with E-state index in [-0.39, 0.29) is 5.54 Å². The number of para-hydroxylation sites is 1. The second-order valence-electron chi connectivity index (χ2n) is 6.74. The van der Waals surface area contributed by atoms with Gasteiger partial charge in [0.2, 0.25) is 0 Å². The first-order valence-electron chi connectivity index (χ1n) is 7.43. The number of guanidine groups is 1. The Labute approximate surface area is 128 Å². The van der Waals surface area contributed by atoms with Crippen molar-refractivity contribution in [1.82, 2.24) is 10.2 Å². The molecule has 0 aliphatic carbocycles. The van der Waals surface area contributed by atoms with Crippen molar-refractivity contribution in [3.05, 3.63) is 29.8 Å². The van der Waals surface area contributed by atoms with E-state index in [4.69, 9.17) is 4.74 Å². The highest BCUT2D eigenvalue weighted by Crippen LogP contribution is 2.46. The van der Waals surface area contributed by atoms with Crippen molar-refractivity contribution in [1.29, 1.82) is 0 Å². The number of rotatable bonds is 3. The first-order chi connectivity index (χ1) is 9.83. The predicted octanol–water partition coefficient (Wildman–Crippen LogP) is 2.89. The minimum Gasteiger partial charge on any atom is -0.496 e. The van der Waals surface area contributed by atoms with Gasteiger partial charge in [-0.3, -0.25) is 4.99 Å². The summed E-state index contributed by atoms with van der Waals surface area (Å²) in [6.07, 6.45) is 0. The number of nitrogens with zero attached hydrogens (tertiary/aromatic N) is 2. The summed E-state index contributed by atoms with van der Waals surface area (Å²) < 4.78 is 5.39. The smallest absolute Gasteiger partial charge is 0.194 e. The van der Waals surface area contributed by atoms with Crippen molar-refractivity contribution in [2.24, 2.45) is 10.4 Å². The van der Waals surface area contributed by atoms with Crippen LogP contribution in [-0.4, -0.2) is 37.1 Å². The molecule has 1 aromatic carbocycles. The quantitative estimate of drug-likeness (QED) is 0.686. The van der Waals surface area contributed by atoms with Gasteiger partial charge in [-0.15, -0.1) is 0 Å². The molecule has 0 radical (unpaired) electrons. The van der Waals surface area contributed by atoms with Gasteiger partial charge in [-0.2, -0.15) is 0 Å². The van der Waals surface area contributed by atoms with Crippen LogP contribution in [0.25, 0.3) is 0 Å². The van der Waals surface area contributed by atoms with Crippen molar-refractivity contribution >= 4 is 5.96 Å². The lowest BCUT2D eigenvalue weighted by Gasteiger charge is -2.62. The van der Waals surface area contributed by atoms with E-state index in [2.05, 4.69) is 49.0 Å². The van der Waals surface area contributed by atoms with Crippen LogP contribution >= 0.6 is 0 Å². The summed E-state index contributed by atoms with van der Waals surface area (Å²) in [6.45, 7) is 10.9. The molecular formula is C17H27N3O. The molecule has 1 aliphatic heterocycles. The van der Waals surface area contributed by atoms with E-state index < -0.39 is 0 Å². The van der Waals surface area contributed by atoms with Gasteiger partial charge in [-0.05, 0) is 19.9 Å². The first kappa shape index (κ1) is 15.7. The number of ether oxygens (including phenoxy) is 1. The molecule has 0 unspecified atom stereocenters. The zero-order valence-corrected chi connectivity index (χ0v) is 14.0. The third-order valence-corrected chi connectivity index (χ3v) is 4.98. The van der Waals surface area contributed by atoms with Gasteiger partial charge in [0.05, 0.1) is 7.11 Å². The van der Waals surface area contributed by atoms with Gasteiger partial charge in [0.25, 0.3) is 0 Å². The van der Waals surface area contributed by atoms with Crippen molar-refractivity contribution in [2.75, 3.05) is 20.7 Å². The molecule has 0 saturated carbocycles. The molecule has 4 nitrogen and oxygen atoms in total. The van der Waals surface area contributed by atoms with Gasteiger partial charge < -0.3 is 15.0 Å². The Balaban J connectivity index is 2.05. The van der Waals surface area contributed by atoms with E-state index in [1.54, 1.807) is 7.11 Å². The lowest BCUT2D eigenvalue weighted by atomic mass is 9.65. The molecule has 4 heteroatoms. The molecule has 1 aromatic rings. The Hall–Kier alpha value is -1.71. The van der Waals surface area contributed by atoms with Crippen LogP contribution in [0.15, 0.2) is 29.3 Å². The molecule has 0 amide bonds. The van der Waals surface area contributed by atoms with Crippen LogP contribution in [0.1, 0.15) is 33.3 Å². The fourth-order valence-electron chi connectivity index (χ4n) is 2.72. The van der Waals surface area contributed by atoms with E-state index in [1.165, 1.54) is 0 Å². The summed E-state index contributed by atoms with van der Waals surface area (Å²) in [4.78, 5) is 6.77. The zero-order chi connectivity index (χ0) is 15.7. The molecule has 1 saturated heterocycles. The summed E-state index contributed by atoms with van der Waals surface area (Å²) in [5, 5.41) is 3.45. The molecule has 0 spiro atoms. The highest BCUT2D eigenvalue weighted by Gasteiger charge is 2.53. The average Bonchev–Trinajstić information content (AvgIpc) is 2.47. The Morgan fingerprint density at radius 1 is 1.29 bits per heavy atom. The Kier molecular flexibility index (Phi) is 4.17. The fraction of sp³-hybridized carbons (Fsp3) is 0.588. The molecule has 0 aromatic heterocycles. The lowest BCUT2D eigenvalue weighted by molar-refractivity contribution is -0.0668. The molecule has 1 N–H and O–H groups in total. The monoisotopic (exact) mass is 289 g/mol. The van der Waals surface area contributed by atoms with Gasteiger partial charge in [0.15, 0.2) is 5.96 Å². The van der Waals surface area contributed by atoms with Crippen LogP contribution in [-0.2, 0) is 6.54 Å². The topological polar surface area (TPSA) is 36.9 Å². The van der Waals surface area contributed by atoms with Crippen molar-refractivity contribution in [2.45, 2.75) is 39.8 Å². The molecule has 1 aliphatic rings. The fourth-order valence-corrected chi connectivity index (χ4v) is 2.72. The molecule has 0 bridgehead atoms. The molecular weight excluding hydrogens is 262 g/mol. The third kappa shape index (κ3) is 2.71. The summed E-state index contributed by atoms with van der Waals surface area (Å²) in [7, 11) is 3.54. The van der Waals surface area contributed by atoms with Crippen molar-refractivity contribution < 1.29 is 4.74 Å². The second kappa shape index (κ2) is 5.58. The van der Waals surface area contributed by atoms with Crippen molar-refractivity contribution in [3.63, 3.8) is 0 Å². The zero-order valence-electron chi connectivity index (χ0n) is 14.0. The Bertz CT molecular complexity index is 535. The molecule has 1 fully saturated rings. The van der Waals surface area contributed by atoms with Crippen LogP contribution in [0.3, 0.4) is 0 Å². The van der Waals surface area contributed by atoms with Gasteiger partial charge in [-0.25, -0.2) is 0 Å². The molecule has 0 atom stereocenters. The number of hydrogen-bond donors (Lipinski definition) is 1. The maximum Gasteiger partial charge on any atom is 0.194 e. The highest BCUT2D eigenvalue weighted by molar-refractivity contribution is 5.82. The average molecular weight is 289 g/mol. The van der Waals surface area contributed by atoms with Crippen LogP contribution < -0.4 is 10.1 Å². The highest BCUT2D eigenvalue weighted by atomic mass is 16.5. The summed E-state index contributed by atoms with van der Waals surface area (Å²) in [5.41, 5.74) is 1.55. The van der Waals surface area contributed by atoms with Crippen molar-refractivity contribution in [3.8, 4) is 5.75 Å². The number of aliphatic imine (C=N–C) groups is 1. The van der Waals surface area contributed by atoms with Gasteiger partial charge in [0, 0.05) is 36.7 Å². The largest absolute Gasteiger partial charge is 0.496 e. The molecule has 116 valence electrons. The summed E-state index contributed by atoms with van der Waals surface area (Å²) in [6, 6.07) is 8.07. The lowest BCUT2D eigenvalue weighted by Crippen LogP contribution is -2.72. The molecule has 1 heterocycles. The number of hydrogen-bond acceptors (Lipinski definition) is 2. The van der Waals surface area contributed by atoms with Gasteiger partial charge >= 0.3 is 0 Å².